The minimum Gasteiger partial charge on any atom is -0.472 e. The highest BCUT2D eigenvalue weighted by Gasteiger charge is 2.63. The molecule has 3 fully saturated rings. The number of hydrogen-bond acceptors (Lipinski definition) is 10. The molecule has 6 atom stereocenters. The SMILES string of the molecule is CC1(S(=O)(=O)NC(=O)[C@@]23C[C@H]2/C=C\CCCCC[C@H](NC(=O)[C@H](O)C(F)(F)F)C(=O)N2C[C@H](Oc4nc5ccccc5c5ccc(OC(F)(F)F)cc45)C[C@H]2C(=O)N3)CC1. The van der Waals surface area contributed by atoms with Crippen LogP contribution >= 0.6 is 0 Å². The molecule has 0 spiro atoms. The molecule has 60 heavy (non-hydrogen) atoms. The van der Waals surface area contributed by atoms with E-state index in [1.165, 1.54) is 13.0 Å². The topological polar surface area (TPSA) is 193 Å². The Morgan fingerprint density at radius 1 is 1.02 bits per heavy atom. The Labute approximate surface area is 339 Å². The smallest absolute Gasteiger partial charge is 0.472 e. The average Bonchev–Trinajstić information content (AvgIpc) is 4.05. The zero-order valence-electron chi connectivity index (χ0n) is 31.9. The van der Waals surface area contributed by atoms with Gasteiger partial charge < -0.3 is 30.1 Å². The number of pyridine rings is 1. The normalized spacial score (nSPS) is 27.0. The molecule has 21 heteroatoms. The van der Waals surface area contributed by atoms with Gasteiger partial charge in [0.2, 0.25) is 33.8 Å². The van der Waals surface area contributed by atoms with Gasteiger partial charge in [0.1, 0.15) is 29.5 Å². The maximum Gasteiger partial charge on any atom is 0.573 e. The van der Waals surface area contributed by atoms with Crippen molar-refractivity contribution in [3.63, 3.8) is 0 Å². The van der Waals surface area contributed by atoms with E-state index in [4.69, 9.17) is 4.74 Å². The monoisotopic (exact) mass is 869 g/mol. The van der Waals surface area contributed by atoms with E-state index in [0.717, 1.165) is 17.0 Å². The van der Waals surface area contributed by atoms with Crippen LogP contribution < -0.4 is 24.8 Å². The Hall–Kier alpha value is -5.18. The lowest BCUT2D eigenvalue weighted by Crippen LogP contribution is -2.59. The Morgan fingerprint density at radius 2 is 1.75 bits per heavy atom. The number of benzene rings is 2. The van der Waals surface area contributed by atoms with E-state index >= 15 is 0 Å². The molecule has 2 aliphatic carbocycles. The highest BCUT2D eigenvalue weighted by molar-refractivity contribution is 7.91. The molecule has 0 unspecified atom stereocenters. The lowest BCUT2D eigenvalue weighted by atomic mass is 10.0. The number of nitrogens with zero attached hydrogens (tertiary/aromatic N) is 2. The largest absolute Gasteiger partial charge is 0.573 e. The molecular formula is C39H41F6N5O9S. The molecule has 4 aliphatic rings. The zero-order valence-corrected chi connectivity index (χ0v) is 32.8. The molecular weight excluding hydrogens is 829 g/mol. The number of fused-ring (bicyclic) bond motifs is 5. The Bertz CT molecular complexity index is 2360. The first-order chi connectivity index (χ1) is 28.1. The second-order valence-corrected chi connectivity index (χ2v) is 18.1. The summed E-state index contributed by atoms with van der Waals surface area (Å²) in [4.78, 5) is 60.7. The van der Waals surface area contributed by atoms with Gasteiger partial charge in [0.15, 0.2) is 0 Å². The molecule has 7 rings (SSSR count). The number of rotatable bonds is 8. The number of aliphatic hydroxyl groups excluding tert-OH is 1. The molecule has 1 aromatic heterocycles. The van der Waals surface area contributed by atoms with Crippen LogP contribution in [0.3, 0.4) is 0 Å². The standard InChI is InChI=1S/C39H41F6N5O9S/c1-36(15-16-36)60(56,57)49-35(55)37-19-21(37)9-5-3-2-4-6-12-28(46-32(53)30(51)38(40,41)42)34(54)50-20-23(18-29(50)31(52)48-37)58-33-26-17-22(59-39(43,44)45)13-14-24(26)25-10-7-8-11-27(25)47-33/h5,7-11,13-14,17,21,23,28-30,51H,2-4,6,12,15-16,18-20H2,1H3,(H,46,53)(H,48,52)(H,49,55)/b9-5-/t21-,23-,28+,29+,30+,37-/m1/s1. The number of nitrogens with one attached hydrogen (secondary N) is 3. The van der Waals surface area contributed by atoms with Gasteiger partial charge in [-0.25, -0.2) is 13.4 Å². The number of para-hydroxylation sites is 1. The molecule has 4 amide bonds. The van der Waals surface area contributed by atoms with Gasteiger partial charge in [-0.2, -0.15) is 13.2 Å². The molecule has 3 aromatic rings. The molecule has 0 radical (unpaired) electrons. The molecule has 2 saturated carbocycles. The summed E-state index contributed by atoms with van der Waals surface area (Å²) in [5.41, 5.74) is -1.40. The Balaban J connectivity index is 1.25. The first-order valence-electron chi connectivity index (χ1n) is 19.3. The van der Waals surface area contributed by atoms with Gasteiger partial charge in [0.05, 0.1) is 16.8 Å². The maximum absolute atomic E-state index is 14.4. The van der Waals surface area contributed by atoms with E-state index in [1.54, 1.807) is 36.4 Å². The third kappa shape index (κ3) is 8.82. The number of aromatic nitrogens is 1. The average molecular weight is 870 g/mol. The highest BCUT2D eigenvalue weighted by atomic mass is 32.2. The van der Waals surface area contributed by atoms with E-state index in [0.29, 0.717) is 48.4 Å². The molecule has 4 N–H and O–H groups in total. The Kier molecular flexibility index (Phi) is 11.2. The van der Waals surface area contributed by atoms with Gasteiger partial charge >= 0.3 is 12.5 Å². The summed E-state index contributed by atoms with van der Waals surface area (Å²) in [6, 6.07) is 6.97. The van der Waals surface area contributed by atoms with Crippen molar-refractivity contribution in [1.82, 2.24) is 25.2 Å². The van der Waals surface area contributed by atoms with Crippen LogP contribution in [-0.4, -0.2) is 101 Å². The van der Waals surface area contributed by atoms with Crippen molar-refractivity contribution in [1.29, 1.82) is 0 Å². The van der Waals surface area contributed by atoms with Crippen molar-refractivity contribution in [3.05, 3.63) is 54.6 Å². The van der Waals surface area contributed by atoms with Crippen molar-refractivity contribution in [3.8, 4) is 11.6 Å². The molecule has 1 saturated heterocycles. The predicted molar refractivity (Wildman–Crippen MR) is 200 cm³/mol. The lowest BCUT2D eigenvalue weighted by Gasteiger charge is -2.30. The molecule has 2 aliphatic heterocycles. The summed E-state index contributed by atoms with van der Waals surface area (Å²) in [6.07, 6.45) is -9.90. The number of halogens is 6. The lowest BCUT2D eigenvalue weighted by molar-refractivity contribution is -0.274. The number of allylic oxidation sites excluding steroid dienone is 1. The van der Waals surface area contributed by atoms with Crippen LogP contribution in [-0.2, 0) is 29.2 Å². The second-order valence-electron chi connectivity index (χ2n) is 15.9. The minimum absolute atomic E-state index is 0.00273. The van der Waals surface area contributed by atoms with Crippen LogP contribution in [0.4, 0.5) is 26.3 Å². The quantitative estimate of drug-likeness (QED) is 0.143. The molecule has 0 bridgehead atoms. The number of alkyl halides is 6. The van der Waals surface area contributed by atoms with E-state index in [-0.39, 0.29) is 36.9 Å². The van der Waals surface area contributed by atoms with Crippen LogP contribution in [0.15, 0.2) is 54.6 Å². The van der Waals surface area contributed by atoms with E-state index in [1.807, 2.05) is 5.32 Å². The third-order valence-electron chi connectivity index (χ3n) is 11.5. The first-order valence-corrected chi connectivity index (χ1v) is 20.8. The molecule has 2 aromatic carbocycles. The Morgan fingerprint density at radius 3 is 2.45 bits per heavy atom. The molecule has 324 valence electrons. The molecule has 14 nitrogen and oxygen atoms in total. The predicted octanol–water partition coefficient (Wildman–Crippen LogP) is 4.44. The summed E-state index contributed by atoms with van der Waals surface area (Å²) in [5.74, 6) is -6.34. The summed E-state index contributed by atoms with van der Waals surface area (Å²) in [7, 11) is -4.16. The fourth-order valence-corrected chi connectivity index (χ4v) is 9.01. The fourth-order valence-electron chi connectivity index (χ4n) is 7.69. The highest BCUT2D eigenvalue weighted by Crippen LogP contribution is 2.48. The summed E-state index contributed by atoms with van der Waals surface area (Å²) < 4.78 is 117. The fraction of sp³-hybridized carbons (Fsp3) is 0.513. The van der Waals surface area contributed by atoms with Gasteiger partial charge in [0.25, 0.3) is 11.8 Å². The van der Waals surface area contributed by atoms with Crippen molar-refractivity contribution in [2.75, 3.05) is 6.54 Å². The minimum atomic E-state index is -5.37. The van der Waals surface area contributed by atoms with Crippen LogP contribution in [0, 0.1) is 5.92 Å². The van der Waals surface area contributed by atoms with Crippen molar-refractivity contribution in [2.45, 2.75) is 112 Å². The number of aliphatic hydroxyl groups is 1. The maximum atomic E-state index is 14.4. The van der Waals surface area contributed by atoms with Crippen molar-refractivity contribution >= 4 is 55.3 Å². The summed E-state index contributed by atoms with van der Waals surface area (Å²) >= 11 is 0. The summed E-state index contributed by atoms with van der Waals surface area (Å²) in [5, 5.41) is 15.3. The van der Waals surface area contributed by atoms with Crippen LogP contribution in [0.1, 0.15) is 64.7 Å². The number of ether oxygens (including phenoxy) is 2. The van der Waals surface area contributed by atoms with Crippen LogP contribution in [0.2, 0.25) is 0 Å². The number of carbonyl (C=O) groups is 4. The van der Waals surface area contributed by atoms with Gasteiger partial charge in [-0.3, -0.25) is 23.9 Å². The summed E-state index contributed by atoms with van der Waals surface area (Å²) in [6.45, 7) is 1.01. The zero-order chi connectivity index (χ0) is 43.4. The van der Waals surface area contributed by atoms with Crippen molar-refractivity contribution in [2.24, 2.45) is 5.92 Å². The molecule has 3 heterocycles. The number of hydrogen-bond donors (Lipinski definition) is 4. The second kappa shape index (κ2) is 15.7. The van der Waals surface area contributed by atoms with Gasteiger partial charge in [-0.05, 0) is 75.1 Å². The van der Waals surface area contributed by atoms with Crippen LogP contribution in [0.5, 0.6) is 11.6 Å². The van der Waals surface area contributed by atoms with Crippen molar-refractivity contribution < 1.29 is 68.5 Å². The van der Waals surface area contributed by atoms with Gasteiger partial charge in [0, 0.05) is 23.1 Å². The van der Waals surface area contributed by atoms with Crippen LogP contribution in [0.25, 0.3) is 21.7 Å². The first kappa shape index (κ1) is 42.9. The number of carbonyl (C=O) groups excluding carboxylic acids is 4. The van der Waals surface area contributed by atoms with Gasteiger partial charge in [-0.15, -0.1) is 13.2 Å². The van der Waals surface area contributed by atoms with E-state index < -0.39 is 99.0 Å². The van der Waals surface area contributed by atoms with Gasteiger partial charge in [-0.1, -0.05) is 43.2 Å². The van der Waals surface area contributed by atoms with E-state index in [9.17, 15) is 59.0 Å². The number of amides is 4. The number of sulfonamides is 1. The third-order valence-corrected chi connectivity index (χ3v) is 13.7. The van der Waals surface area contributed by atoms with E-state index in [2.05, 4.69) is 19.8 Å².